The van der Waals surface area contributed by atoms with Crippen molar-refractivity contribution in [1.82, 2.24) is 5.43 Å². The lowest BCUT2D eigenvalue weighted by atomic mass is 10.2. The lowest BCUT2D eigenvalue weighted by molar-refractivity contribution is 0.306. The SMILES string of the molecule is COc1ccc(CN/N=C/c2cccc(OCc3cccc(Cl)c3)c2)cc1OC. The van der Waals surface area contributed by atoms with Crippen molar-refractivity contribution in [3.63, 3.8) is 0 Å². The van der Waals surface area contributed by atoms with Crippen LogP contribution < -0.4 is 19.6 Å². The van der Waals surface area contributed by atoms with E-state index in [2.05, 4.69) is 10.5 Å². The zero-order chi connectivity index (χ0) is 20.5. The molecule has 0 aromatic heterocycles. The maximum absolute atomic E-state index is 6.01. The number of methoxy groups -OCH3 is 2. The highest BCUT2D eigenvalue weighted by atomic mass is 35.5. The fourth-order valence-electron chi connectivity index (χ4n) is 2.73. The summed E-state index contributed by atoms with van der Waals surface area (Å²) in [5.74, 6) is 2.17. The van der Waals surface area contributed by atoms with Crippen LogP contribution >= 0.6 is 11.6 Å². The van der Waals surface area contributed by atoms with E-state index < -0.39 is 0 Å². The highest BCUT2D eigenvalue weighted by Gasteiger charge is 2.04. The molecule has 5 nitrogen and oxygen atoms in total. The smallest absolute Gasteiger partial charge is 0.161 e. The third kappa shape index (κ3) is 6.16. The van der Waals surface area contributed by atoms with Crippen LogP contribution in [0.1, 0.15) is 16.7 Å². The summed E-state index contributed by atoms with van der Waals surface area (Å²) in [7, 11) is 3.24. The van der Waals surface area contributed by atoms with Gasteiger partial charge in [-0.2, -0.15) is 5.10 Å². The number of ether oxygens (including phenoxy) is 3. The van der Waals surface area contributed by atoms with E-state index in [-0.39, 0.29) is 0 Å². The van der Waals surface area contributed by atoms with Crippen LogP contribution in [0, 0.1) is 0 Å². The van der Waals surface area contributed by atoms with Crippen LogP contribution in [0.2, 0.25) is 5.02 Å². The molecule has 29 heavy (non-hydrogen) atoms. The quantitative estimate of drug-likeness (QED) is 0.395. The van der Waals surface area contributed by atoms with E-state index in [4.69, 9.17) is 25.8 Å². The van der Waals surface area contributed by atoms with Gasteiger partial charge < -0.3 is 19.6 Å². The molecule has 0 aliphatic carbocycles. The molecule has 0 unspecified atom stereocenters. The lowest BCUT2D eigenvalue weighted by Gasteiger charge is -2.09. The summed E-state index contributed by atoms with van der Waals surface area (Å²) in [6, 6.07) is 21.1. The molecule has 0 spiro atoms. The molecule has 0 saturated carbocycles. The lowest BCUT2D eigenvalue weighted by Crippen LogP contribution is -2.06. The zero-order valence-electron chi connectivity index (χ0n) is 16.4. The Morgan fingerprint density at radius 3 is 2.52 bits per heavy atom. The monoisotopic (exact) mass is 410 g/mol. The molecular weight excluding hydrogens is 388 g/mol. The molecule has 6 heteroatoms. The van der Waals surface area contributed by atoms with Crippen LogP contribution in [-0.2, 0) is 13.2 Å². The van der Waals surface area contributed by atoms with Gasteiger partial charge in [0.2, 0.25) is 0 Å². The zero-order valence-corrected chi connectivity index (χ0v) is 17.1. The van der Waals surface area contributed by atoms with E-state index in [9.17, 15) is 0 Å². The Balaban J connectivity index is 1.54. The molecule has 0 heterocycles. The Morgan fingerprint density at radius 1 is 0.897 bits per heavy atom. The minimum Gasteiger partial charge on any atom is -0.493 e. The first-order valence-electron chi connectivity index (χ1n) is 9.12. The molecule has 3 aromatic rings. The number of hydrogen-bond acceptors (Lipinski definition) is 5. The van der Waals surface area contributed by atoms with Gasteiger partial charge in [0.15, 0.2) is 11.5 Å². The van der Waals surface area contributed by atoms with E-state index in [0.717, 1.165) is 22.4 Å². The first-order chi connectivity index (χ1) is 14.2. The van der Waals surface area contributed by atoms with Crippen molar-refractivity contribution in [3.05, 3.63) is 88.4 Å². The number of nitrogens with one attached hydrogen (secondary N) is 1. The Morgan fingerprint density at radius 2 is 1.72 bits per heavy atom. The van der Waals surface area contributed by atoms with Gasteiger partial charge in [-0.3, -0.25) is 0 Å². The van der Waals surface area contributed by atoms with Crippen molar-refractivity contribution in [2.24, 2.45) is 5.10 Å². The molecule has 0 fully saturated rings. The molecular formula is C23H23ClN2O3. The van der Waals surface area contributed by atoms with Gasteiger partial charge in [0.1, 0.15) is 12.4 Å². The molecule has 0 aliphatic heterocycles. The standard InChI is InChI=1S/C23H23ClN2O3/c1-27-22-10-9-18(13-23(22)28-2)15-26-25-14-17-5-4-8-21(12-17)29-16-19-6-3-7-20(24)11-19/h3-14,26H,15-16H2,1-2H3/b25-14+. The Hall–Kier alpha value is -3.18. The Labute approximate surface area is 175 Å². The summed E-state index contributed by atoms with van der Waals surface area (Å²) >= 11 is 6.01. The number of rotatable bonds is 9. The van der Waals surface area contributed by atoms with Crippen molar-refractivity contribution in [2.75, 3.05) is 14.2 Å². The van der Waals surface area contributed by atoms with Gasteiger partial charge in [-0.1, -0.05) is 41.9 Å². The van der Waals surface area contributed by atoms with Gasteiger partial charge in [-0.25, -0.2) is 0 Å². The van der Waals surface area contributed by atoms with Gasteiger partial charge in [0.05, 0.1) is 27.0 Å². The highest BCUT2D eigenvalue weighted by molar-refractivity contribution is 6.30. The molecule has 3 rings (SSSR count). The first kappa shape index (κ1) is 20.6. The summed E-state index contributed by atoms with van der Waals surface area (Å²) in [6.07, 6.45) is 1.76. The van der Waals surface area contributed by atoms with E-state index >= 15 is 0 Å². The van der Waals surface area contributed by atoms with Crippen LogP contribution in [0.25, 0.3) is 0 Å². The molecule has 0 atom stereocenters. The van der Waals surface area contributed by atoms with E-state index in [0.29, 0.717) is 29.7 Å². The van der Waals surface area contributed by atoms with Crippen LogP contribution in [-0.4, -0.2) is 20.4 Å². The number of halogens is 1. The van der Waals surface area contributed by atoms with Crippen LogP contribution in [0.15, 0.2) is 71.8 Å². The average molecular weight is 411 g/mol. The molecule has 3 aromatic carbocycles. The third-order valence-electron chi connectivity index (χ3n) is 4.19. The second-order valence-corrected chi connectivity index (χ2v) is 6.71. The number of hydrogen-bond donors (Lipinski definition) is 1. The predicted molar refractivity (Wildman–Crippen MR) is 116 cm³/mol. The van der Waals surface area contributed by atoms with Crippen molar-refractivity contribution in [2.45, 2.75) is 13.2 Å². The minimum absolute atomic E-state index is 0.457. The van der Waals surface area contributed by atoms with Crippen molar-refractivity contribution >= 4 is 17.8 Å². The topological polar surface area (TPSA) is 52.1 Å². The van der Waals surface area contributed by atoms with E-state index in [1.807, 2.05) is 66.7 Å². The Bertz CT molecular complexity index is 976. The molecule has 0 aliphatic rings. The molecule has 150 valence electrons. The molecule has 0 amide bonds. The average Bonchev–Trinajstić information content (AvgIpc) is 2.75. The summed E-state index contributed by atoms with van der Waals surface area (Å²) in [4.78, 5) is 0. The fraction of sp³-hybridized carbons (Fsp3) is 0.174. The summed E-state index contributed by atoms with van der Waals surface area (Å²) in [5.41, 5.74) is 6.04. The summed E-state index contributed by atoms with van der Waals surface area (Å²) < 4.78 is 16.4. The Kier molecular flexibility index (Phi) is 7.36. The van der Waals surface area contributed by atoms with Crippen molar-refractivity contribution < 1.29 is 14.2 Å². The summed E-state index contributed by atoms with van der Waals surface area (Å²) in [6.45, 7) is 1.03. The molecule has 0 saturated heterocycles. The highest BCUT2D eigenvalue weighted by Crippen LogP contribution is 2.27. The van der Waals surface area contributed by atoms with Gasteiger partial charge in [-0.05, 0) is 53.1 Å². The number of hydrazone groups is 1. The van der Waals surface area contributed by atoms with Gasteiger partial charge in [0.25, 0.3) is 0 Å². The van der Waals surface area contributed by atoms with E-state index in [1.165, 1.54) is 0 Å². The van der Waals surface area contributed by atoms with Gasteiger partial charge in [-0.15, -0.1) is 0 Å². The molecule has 0 radical (unpaired) electrons. The van der Waals surface area contributed by atoms with Gasteiger partial charge >= 0.3 is 0 Å². The molecule has 0 bridgehead atoms. The molecule has 1 N–H and O–H groups in total. The normalized spacial score (nSPS) is 10.7. The maximum atomic E-state index is 6.01. The summed E-state index contributed by atoms with van der Waals surface area (Å²) in [5, 5.41) is 4.99. The second-order valence-electron chi connectivity index (χ2n) is 6.27. The largest absolute Gasteiger partial charge is 0.493 e. The van der Waals surface area contributed by atoms with Crippen LogP contribution in [0.5, 0.6) is 17.2 Å². The van der Waals surface area contributed by atoms with Crippen LogP contribution in [0.4, 0.5) is 0 Å². The number of benzene rings is 3. The van der Waals surface area contributed by atoms with Crippen molar-refractivity contribution in [1.29, 1.82) is 0 Å². The van der Waals surface area contributed by atoms with Gasteiger partial charge in [0, 0.05) is 5.02 Å². The van der Waals surface area contributed by atoms with E-state index in [1.54, 1.807) is 20.4 Å². The fourth-order valence-corrected chi connectivity index (χ4v) is 2.94. The number of nitrogens with zero attached hydrogens (tertiary/aromatic N) is 1. The third-order valence-corrected chi connectivity index (χ3v) is 4.42. The van der Waals surface area contributed by atoms with Crippen molar-refractivity contribution in [3.8, 4) is 17.2 Å². The minimum atomic E-state index is 0.457. The maximum Gasteiger partial charge on any atom is 0.161 e. The first-order valence-corrected chi connectivity index (χ1v) is 9.50. The second kappa shape index (κ2) is 10.4. The predicted octanol–water partition coefficient (Wildman–Crippen LogP) is 5.06. The van der Waals surface area contributed by atoms with Crippen LogP contribution in [0.3, 0.4) is 0 Å².